The van der Waals surface area contributed by atoms with Gasteiger partial charge in [-0.1, -0.05) is 76.7 Å². The van der Waals surface area contributed by atoms with Gasteiger partial charge in [-0.2, -0.15) is 0 Å². The van der Waals surface area contributed by atoms with Crippen LogP contribution in [0.1, 0.15) is 28.7 Å². The van der Waals surface area contributed by atoms with Gasteiger partial charge >= 0.3 is 5.54 Å². The third-order valence-corrected chi connectivity index (χ3v) is 8.13. The maximum absolute atomic E-state index is 14.0. The maximum Gasteiger partial charge on any atom is 0.321 e. The number of para-hydroxylation sites is 2. The van der Waals surface area contributed by atoms with Crippen LogP contribution in [0.4, 0.5) is 5.69 Å². The Labute approximate surface area is 209 Å². The minimum Gasteiger partial charge on any atom is -0.477 e. The van der Waals surface area contributed by atoms with Crippen LogP contribution in [0.25, 0.3) is 0 Å². The molecule has 0 radical (unpaired) electrons. The van der Waals surface area contributed by atoms with E-state index >= 15 is 0 Å². The van der Waals surface area contributed by atoms with E-state index in [-0.39, 0.29) is 15.8 Å². The number of hydrogen-bond donors (Lipinski definition) is 1. The molecule has 170 valence electrons. The average molecular weight is 536 g/mol. The highest BCUT2D eigenvalue weighted by Crippen LogP contribution is 2.63. The molecular formula is C25H18BrN3O4S. The van der Waals surface area contributed by atoms with Crippen molar-refractivity contribution in [3.8, 4) is 5.75 Å². The average Bonchev–Trinajstić information content (AvgIpc) is 3.24. The number of nitro groups is 1. The lowest BCUT2D eigenvalue weighted by Crippen LogP contribution is -2.58. The molecule has 0 saturated carbocycles. The number of carbonyl (C=O) groups excluding carboxylic acids is 1. The van der Waals surface area contributed by atoms with Crippen molar-refractivity contribution >= 4 is 44.7 Å². The van der Waals surface area contributed by atoms with Crippen molar-refractivity contribution in [3.05, 3.63) is 104 Å². The van der Waals surface area contributed by atoms with Gasteiger partial charge in [-0.15, -0.1) is 0 Å². The first-order valence-corrected chi connectivity index (χ1v) is 11.9. The van der Waals surface area contributed by atoms with Crippen LogP contribution in [0.2, 0.25) is 0 Å². The van der Waals surface area contributed by atoms with Gasteiger partial charge in [0.05, 0.1) is 0 Å². The fourth-order valence-electron chi connectivity index (χ4n) is 5.86. The molecule has 0 aromatic heterocycles. The molecule has 4 atom stereocenters. The van der Waals surface area contributed by atoms with Crippen molar-refractivity contribution in [1.29, 1.82) is 0 Å². The van der Waals surface area contributed by atoms with Crippen LogP contribution in [0.5, 0.6) is 5.75 Å². The van der Waals surface area contributed by atoms with Crippen LogP contribution >= 0.6 is 28.1 Å². The number of likely N-dealkylation sites (N-methyl/N-ethyl adjacent to an activating group) is 1. The van der Waals surface area contributed by atoms with Crippen LogP contribution in [-0.2, 0) is 10.3 Å². The van der Waals surface area contributed by atoms with Crippen LogP contribution in [0, 0.1) is 10.1 Å². The van der Waals surface area contributed by atoms with E-state index in [1.165, 1.54) is 0 Å². The molecule has 0 aliphatic carbocycles. The first-order valence-electron chi connectivity index (χ1n) is 10.7. The summed E-state index contributed by atoms with van der Waals surface area (Å²) in [5.41, 5.74) is -0.791. The Bertz CT molecular complexity index is 1410. The number of halogens is 1. The summed E-state index contributed by atoms with van der Waals surface area (Å²) in [6, 6.07) is 21.8. The molecule has 1 spiro atoms. The number of ether oxygens (including phenoxy) is 1. The van der Waals surface area contributed by atoms with Crippen LogP contribution in [0.3, 0.4) is 0 Å². The van der Waals surface area contributed by atoms with E-state index < -0.39 is 23.1 Å². The summed E-state index contributed by atoms with van der Waals surface area (Å²) in [5.74, 6) is -0.717. The van der Waals surface area contributed by atoms with E-state index in [1.807, 2.05) is 36.4 Å². The third kappa shape index (κ3) is 2.40. The predicted octanol–water partition coefficient (Wildman–Crippen LogP) is 4.48. The monoisotopic (exact) mass is 535 g/mol. The normalized spacial score (nSPS) is 28.7. The van der Waals surface area contributed by atoms with Crippen molar-refractivity contribution in [2.24, 2.45) is 0 Å². The lowest BCUT2D eigenvalue weighted by Gasteiger charge is -2.42. The Kier molecular flexibility index (Phi) is 4.44. The SMILES string of the molecule is CN1C(=O)[C@@]2(NC(=S)[C@]3([N+](=O)[O-])[C@H]2c2ccccc2O[C@H]3c2cccc(Br)c2)c2ccccc21. The largest absolute Gasteiger partial charge is 0.477 e. The molecule has 6 rings (SSSR count). The van der Waals surface area contributed by atoms with Crippen molar-refractivity contribution in [3.63, 3.8) is 0 Å². The van der Waals surface area contributed by atoms with E-state index in [0.717, 1.165) is 4.47 Å². The van der Waals surface area contributed by atoms with Gasteiger partial charge in [-0.25, -0.2) is 0 Å². The minimum absolute atomic E-state index is 0.0135. The maximum atomic E-state index is 14.0. The molecule has 1 saturated heterocycles. The molecule has 1 amide bonds. The molecule has 0 bridgehead atoms. The first-order chi connectivity index (χ1) is 16.3. The molecular weight excluding hydrogens is 518 g/mol. The molecule has 9 heteroatoms. The van der Waals surface area contributed by atoms with E-state index in [4.69, 9.17) is 17.0 Å². The summed E-state index contributed by atoms with van der Waals surface area (Å²) >= 11 is 9.23. The minimum atomic E-state index is -1.90. The number of fused-ring (bicyclic) bond motifs is 6. The van der Waals surface area contributed by atoms with Crippen LogP contribution in [-0.4, -0.2) is 28.4 Å². The molecule has 3 heterocycles. The highest BCUT2D eigenvalue weighted by Gasteiger charge is 2.79. The number of nitrogens with zero attached hydrogens (tertiary/aromatic N) is 2. The predicted molar refractivity (Wildman–Crippen MR) is 134 cm³/mol. The molecule has 7 nitrogen and oxygen atoms in total. The van der Waals surface area contributed by atoms with E-state index in [9.17, 15) is 14.9 Å². The number of benzene rings is 3. The zero-order chi connectivity index (χ0) is 23.8. The van der Waals surface area contributed by atoms with E-state index in [0.29, 0.717) is 28.1 Å². The van der Waals surface area contributed by atoms with Gasteiger partial charge in [0.2, 0.25) is 6.10 Å². The molecule has 0 unspecified atom stereocenters. The Balaban J connectivity index is 1.72. The zero-order valence-corrected chi connectivity index (χ0v) is 20.3. The highest BCUT2D eigenvalue weighted by atomic mass is 79.9. The molecule has 34 heavy (non-hydrogen) atoms. The Morgan fingerprint density at radius 1 is 1.12 bits per heavy atom. The van der Waals surface area contributed by atoms with Crippen molar-refractivity contribution in [2.75, 3.05) is 11.9 Å². The summed E-state index contributed by atoms with van der Waals surface area (Å²) in [6.07, 6.45) is -1.05. The van der Waals surface area contributed by atoms with Crippen LogP contribution in [0.15, 0.2) is 77.3 Å². The molecule has 3 aliphatic heterocycles. The molecule has 3 aromatic carbocycles. The lowest BCUT2D eigenvalue weighted by molar-refractivity contribution is -0.565. The summed E-state index contributed by atoms with van der Waals surface area (Å²) in [7, 11) is 1.68. The van der Waals surface area contributed by atoms with Gasteiger partial charge in [-0.3, -0.25) is 14.9 Å². The Hall–Kier alpha value is -3.30. The van der Waals surface area contributed by atoms with Gasteiger partial charge in [0.15, 0.2) is 10.5 Å². The summed E-state index contributed by atoms with van der Waals surface area (Å²) < 4.78 is 7.12. The van der Waals surface area contributed by atoms with E-state index in [2.05, 4.69) is 21.2 Å². The van der Waals surface area contributed by atoms with Crippen molar-refractivity contribution in [2.45, 2.75) is 23.1 Å². The number of nitrogens with one attached hydrogen (secondary N) is 1. The lowest BCUT2D eigenvalue weighted by atomic mass is 9.64. The fraction of sp³-hybridized carbons (Fsp3) is 0.200. The summed E-state index contributed by atoms with van der Waals surface area (Å²) in [4.78, 5) is 28.3. The first kappa shape index (κ1) is 21.2. The number of rotatable bonds is 2. The van der Waals surface area contributed by atoms with Crippen molar-refractivity contribution < 1.29 is 14.5 Å². The van der Waals surface area contributed by atoms with Gasteiger partial charge in [-0.05, 0) is 24.3 Å². The topological polar surface area (TPSA) is 84.7 Å². The molecule has 3 aromatic rings. The molecule has 1 fully saturated rings. The number of amides is 1. The standard InChI is InChI=1S/C25H18BrN3O4S/c1-28-18-11-4-3-10-17(18)24(23(28)30)20-16-9-2-5-12-19(16)33-21(14-7-6-8-15(26)13-14)25(20,29(31)32)22(34)27-24/h2-13,20-21H,1H3,(H,27,34)/t20-,21-,24+,25-/m0/s1. The second-order valence-electron chi connectivity index (χ2n) is 8.75. The van der Waals surface area contributed by atoms with E-state index in [1.54, 1.807) is 48.3 Å². The highest BCUT2D eigenvalue weighted by molar-refractivity contribution is 9.10. The quantitative estimate of drug-likeness (QED) is 0.295. The second-order valence-corrected chi connectivity index (χ2v) is 10.1. The van der Waals surface area contributed by atoms with Gasteiger partial charge in [0, 0.05) is 38.8 Å². The Morgan fingerprint density at radius 3 is 2.62 bits per heavy atom. The third-order valence-electron chi connectivity index (χ3n) is 7.21. The Morgan fingerprint density at radius 2 is 1.85 bits per heavy atom. The summed E-state index contributed by atoms with van der Waals surface area (Å²) in [6.45, 7) is 0. The number of carbonyl (C=O) groups is 1. The summed E-state index contributed by atoms with van der Waals surface area (Å²) in [5, 5.41) is 16.3. The van der Waals surface area contributed by atoms with Crippen molar-refractivity contribution in [1.82, 2.24) is 5.32 Å². The van der Waals surface area contributed by atoms with Gasteiger partial charge < -0.3 is 15.0 Å². The number of hydrogen-bond acceptors (Lipinski definition) is 5. The fourth-order valence-corrected chi connectivity index (χ4v) is 6.74. The molecule has 1 N–H and O–H groups in total. The molecule has 3 aliphatic rings. The van der Waals surface area contributed by atoms with Crippen LogP contribution < -0.4 is 15.0 Å². The number of anilines is 1. The smallest absolute Gasteiger partial charge is 0.321 e. The van der Waals surface area contributed by atoms with Gasteiger partial charge in [0.25, 0.3) is 5.91 Å². The van der Waals surface area contributed by atoms with Gasteiger partial charge in [0.1, 0.15) is 11.7 Å². The zero-order valence-electron chi connectivity index (χ0n) is 17.9. The number of thiocarbonyl (C=S) groups is 1. The second kappa shape index (κ2) is 7.10.